The van der Waals surface area contributed by atoms with E-state index in [4.69, 9.17) is 23.2 Å². The van der Waals surface area contributed by atoms with Crippen molar-refractivity contribution >= 4 is 35.0 Å². The Labute approximate surface area is 219 Å². The minimum Gasteiger partial charge on any atom is -0.435 e. The molecule has 14 heteroatoms. The predicted molar refractivity (Wildman–Crippen MR) is 126 cm³/mol. The van der Waals surface area contributed by atoms with Crippen LogP contribution in [0.4, 0.5) is 8.78 Å². The Hall–Kier alpha value is -3.35. The van der Waals surface area contributed by atoms with E-state index in [2.05, 4.69) is 25.6 Å². The topological polar surface area (TPSA) is 122 Å². The normalized spacial score (nSPS) is 21.0. The third-order valence-electron chi connectivity index (χ3n) is 6.42. The fourth-order valence-corrected chi connectivity index (χ4v) is 5.12. The Balaban J connectivity index is 1.31. The third kappa shape index (κ3) is 5.36. The van der Waals surface area contributed by atoms with Crippen molar-refractivity contribution in [2.45, 2.75) is 44.2 Å². The van der Waals surface area contributed by atoms with E-state index in [1.807, 2.05) is 0 Å². The van der Waals surface area contributed by atoms with E-state index in [0.717, 1.165) is 18.6 Å². The number of fused-ring (bicyclic) bond motifs is 1. The largest absolute Gasteiger partial charge is 0.435 e. The SMILES string of the molecule is O=C(NCc1cc(Cl)ccc1-n1cnnn1)[C@@H]1C[C@@H]2C[C@@H]2N1C(=O)[C@H](O)c1cc(Cl)cc(OC(F)F)c1. The van der Waals surface area contributed by atoms with Crippen LogP contribution in [0.2, 0.25) is 10.0 Å². The number of rotatable bonds is 8. The van der Waals surface area contributed by atoms with E-state index in [9.17, 15) is 23.5 Å². The summed E-state index contributed by atoms with van der Waals surface area (Å²) in [5, 5.41) is 25.2. The number of aromatic nitrogens is 4. The van der Waals surface area contributed by atoms with Crippen molar-refractivity contribution < 1.29 is 28.2 Å². The van der Waals surface area contributed by atoms with E-state index in [1.54, 1.807) is 18.2 Å². The van der Waals surface area contributed by atoms with Crippen LogP contribution in [0.3, 0.4) is 0 Å². The summed E-state index contributed by atoms with van der Waals surface area (Å²) in [5.41, 5.74) is 1.26. The molecule has 2 heterocycles. The van der Waals surface area contributed by atoms with Gasteiger partial charge in [-0.25, -0.2) is 4.68 Å². The molecule has 1 aromatic heterocycles. The van der Waals surface area contributed by atoms with E-state index < -0.39 is 30.6 Å². The molecule has 0 radical (unpaired) electrons. The van der Waals surface area contributed by atoms with Crippen molar-refractivity contribution in [2.75, 3.05) is 0 Å². The number of aliphatic hydroxyl groups is 1. The van der Waals surface area contributed by atoms with E-state index >= 15 is 0 Å². The van der Waals surface area contributed by atoms with Crippen LogP contribution in [0.15, 0.2) is 42.7 Å². The highest BCUT2D eigenvalue weighted by Crippen LogP contribution is 2.49. The smallest absolute Gasteiger partial charge is 0.387 e. The number of hydrogen-bond donors (Lipinski definition) is 2. The average Bonchev–Trinajstić information content (AvgIpc) is 3.24. The molecule has 3 aromatic rings. The first-order chi connectivity index (χ1) is 17.7. The maximum atomic E-state index is 13.3. The van der Waals surface area contributed by atoms with Gasteiger partial charge in [0, 0.05) is 22.6 Å². The summed E-state index contributed by atoms with van der Waals surface area (Å²) >= 11 is 12.1. The maximum absolute atomic E-state index is 13.3. The molecule has 2 amide bonds. The Kier molecular flexibility index (Phi) is 6.97. The van der Waals surface area contributed by atoms with Gasteiger partial charge >= 0.3 is 6.61 Å². The minimum absolute atomic E-state index is 0.0126. The van der Waals surface area contributed by atoms with Crippen molar-refractivity contribution in [3.05, 3.63) is 63.9 Å². The molecule has 10 nitrogen and oxygen atoms in total. The van der Waals surface area contributed by atoms with Gasteiger partial charge in [0.2, 0.25) is 5.91 Å². The van der Waals surface area contributed by atoms with Gasteiger partial charge in [-0.15, -0.1) is 5.10 Å². The van der Waals surface area contributed by atoms with Crippen LogP contribution in [0.1, 0.15) is 30.1 Å². The quantitative estimate of drug-likeness (QED) is 0.440. The number of benzene rings is 2. The van der Waals surface area contributed by atoms with Crippen LogP contribution in [0.25, 0.3) is 5.69 Å². The zero-order valence-corrected chi connectivity index (χ0v) is 20.5. The summed E-state index contributed by atoms with van der Waals surface area (Å²) in [4.78, 5) is 27.8. The lowest BCUT2D eigenvalue weighted by Gasteiger charge is -2.29. The molecular weight excluding hydrogens is 533 g/mol. The van der Waals surface area contributed by atoms with E-state index in [1.165, 1.54) is 22.0 Å². The number of nitrogens with one attached hydrogen (secondary N) is 1. The molecule has 37 heavy (non-hydrogen) atoms. The summed E-state index contributed by atoms with van der Waals surface area (Å²) < 4.78 is 31.1. The highest BCUT2D eigenvalue weighted by Gasteiger charge is 2.56. The van der Waals surface area contributed by atoms with Gasteiger partial charge in [-0.05, 0) is 76.7 Å². The molecule has 0 bridgehead atoms. The monoisotopic (exact) mass is 552 g/mol. The van der Waals surface area contributed by atoms with Crippen molar-refractivity contribution in [3.8, 4) is 11.4 Å². The van der Waals surface area contributed by atoms with Gasteiger partial charge in [-0.2, -0.15) is 8.78 Å². The number of likely N-dealkylation sites (tertiary alicyclic amines) is 1. The van der Waals surface area contributed by atoms with Crippen LogP contribution in [0, 0.1) is 5.92 Å². The van der Waals surface area contributed by atoms with Gasteiger partial charge in [-0.1, -0.05) is 23.2 Å². The van der Waals surface area contributed by atoms with Gasteiger partial charge in [0.15, 0.2) is 6.10 Å². The maximum Gasteiger partial charge on any atom is 0.387 e. The number of carbonyl (C=O) groups excluding carboxylic acids is 2. The summed E-state index contributed by atoms with van der Waals surface area (Å²) in [6.07, 6.45) is 0.858. The second-order valence-corrected chi connectivity index (χ2v) is 9.68. The Morgan fingerprint density at radius 2 is 1.97 bits per heavy atom. The van der Waals surface area contributed by atoms with Crippen LogP contribution < -0.4 is 10.1 Å². The fourth-order valence-electron chi connectivity index (χ4n) is 4.70. The fraction of sp³-hybridized carbons (Fsp3) is 0.348. The number of piperidine rings is 1. The molecule has 0 spiro atoms. The molecule has 2 aromatic carbocycles. The van der Waals surface area contributed by atoms with Crippen LogP contribution in [-0.4, -0.2) is 60.7 Å². The van der Waals surface area contributed by atoms with Gasteiger partial charge < -0.3 is 20.1 Å². The lowest BCUT2D eigenvalue weighted by molar-refractivity contribution is -0.147. The Morgan fingerprint density at radius 3 is 2.70 bits per heavy atom. The standard InChI is InChI=1S/C23H20Cl2F2N6O4/c24-14-1-2-17(32-10-29-30-31-32)13(4-14)9-28-21(35)19-7-11-6-18(11)33(19)22(36)20(34)12-3-15(25)8-16(5-12)37-23(26)27/h1-5,8,10-11,18-20,23,34H,6-7,9H2,(H,28,35)/t11-,18-,19-,20+/m0/s1. The first-order valence-corrected chi connectivity index (χ1v) is 12.0. The summed E-state index contributed by atoms with van der Waals surface area (Å²) in [6.45, 7) is -3.01. The summed E-state index contributed by atoms with van der Waals surface area (Å²) in [5.74, 6) is -1.26. The molecule has 2 fully saturated rings. The molecule has 4 atom stereocenters. The van der Waals surface area contributed by atoms with Crippen LogP contribution >= 0.6 is 23.2 Å². The number of alkyl halides is 2. The lowest BCUT2D eigenvalue weighted by atomic mass is 10.1. The molecule has 5 rings (SSSR count). The molecule has 1 saturated carbocycles. The Bertz CT molecular complexity index is 1330. The highest BCUT2D eigenvalue weighted by atomic mass is 35.5. The zero-order chi connectivity index (χ0) is 26.3. The number of halogens is 4. The summed E-state index contributed by atoms with van der Waals surface area (Å²) in [7, 11) is 0. The Morgan fingerprint density at radius 1 is 1.16 bits per heavy atom. The van der Waals surface area contributed by atoms with Crippen LogP contribution in [0.5, 0.6) is 5.75 Å². The molecule has 0 unspecified atom stereocenters. The average molecular weight is 553 g/mol. The number of hydrogen-bond acceptors (Lipinski definition) is 7. The molecule has 2 N–H and O–H groups in total. The highest BCUT2D eigenvalue weighted by molar-refractivity contribution is 6.31. The number of tetrazole rings is 1. The number of ether oxygens (including phenoxy) is 1. The number of carbonyl (C=O) groups is 2. The molecular formula is C23H20Cl2F2N6O4. The minimum atomic E-state index is -3.10. The van der Waals surface area contributed by atoms with Crippen molar-refractivity contribution in [1.29, 1.82) is 0 Å². The molecule has 1 aliphatic heterocycles. The molecule has 2 aliphatic rings. The van der Waals surface area contributed by atoms with E-state index in [0.29, 0.717) is 22.7 Å². The number of aliphatic hydroxyl groups excluding tert-OH is 1. The van der Waals surface area contributed by atoms with Crippen molar-refractivity contribution in [3.63, 3.8) is 0 Å². The molecule has 1 saturated heterocycles. The van der Waals surface area contributed by atoms with Gasteiger partial charge in [0.1, 0.15) is 18.1 Å². The second kappa shape index (κ2) is 10.2. The first-order valence-electron chi connectivity index (χ1n) is 11.3. The van der Waals surface area contributed by atoms with Gasteiger partial charge in [-0.3, -0.25) is 9.59 Å². The summed E-state index contributed by atoms with van der Waals surface area (Å²) in [6, 6.07) is 7.63. The third-order valence-corrected chi connectivity index (χ3v) is 6.87. The van der Waals surface area contributed by atoms with E-state index in [-0.39, 0.29) is 34.8 Å². The predicted octanol–water partition coefficient (Wildman–Crippen LogP) is 2.91. The van der Waals surface area contributed by atoms with Crippen LogP contribution in [-0.2, 0) is 16.1 Å². The van der Waals surface area contributed by atoms with Crippen molar-refractivity contribution in [2.24, 2.45) is 5.92 Å². The van der Waals surface area contributed by atoms with Crippen molar-refractivity contribution in [1.82, 2.24) is 30.4 Å². The van der Waals surface area contributed by atoms with Gasteiger partial charge in [0.25, 0.3) is 5.91 Å². The number of nitrogens with zero attached hydrogens (tertiary/aromatic N) is 5. The lowest BCUT2D eigenvalue weighted by Crippen LogP contribution is -2.49. The first kappa shape index (κ1) is 25.3. The number of amides is 2. The molecule has 1 aliphatic carbocycles. The zero-order valence-electron chi connectivity index (χ0n) is 19.0. The van der Waals surface area contributed by atoms with Gasteiger partial charge in [0.05, 0.1) is 5.69 Å². The molecule has 194 valence electrons. The second-order valence-electron chi connectivity index (χ2n) is 8.81.